The maximum absolute atomic E-state index is 13.1. The van der Waals surface area contributed by atoms with Gasteiger partial charge in [0.2, 0.25) is 0 Å². The van der Waals surface area contributed by atoms with Gasteiger partial charge in [0.25, 0.3) is 17.9 Å². The van der Waals surface area contributed by atoms with Crippen molar-refractivity contribution in [1.82, 2.24) is 25.1 Å². The van der Waals surface area contributed by atoms with E-state index in [0.717, 1.165) is 23.3 Å². The molecule has 254 valence electrons. The van der Waals surface area contributed by atoms with Crippen molar-refractivity contribution < 1.29 is 46.3 Å². The normalized spacial score (nSPS) is 16.8. The molecular formula is C26H33N9O10S2. The fourth-order valence-electron chi connectivity index (χ4n) is 4.44. The fourth-order valence-corrected chi connectivity index (χ4v) is 5.44. The molecule has 0 bridgehead atoms. The van der Waals surface area contributed by atoms with Crippen molar-refractivity contribution in [3.8, 4) is 16.9 Å². The average Bonchev–Trinajstić information content (AvgIpc) is 3.60. The van der Waals surface area contributed by atoms with Gasteiger partial charge in [0.1, 0.15) is 18.1 Å². The average molecular weight is 696 g/mol. The predicted molar refractivity (Wildman–Crippen MR) is 167 cm³/mol. The Morgan fingerprint density at radius 1 is 1.23 bits per heavy atom. The standard InChI is InChI=1S/C26H33N9O10S2/c1-26(2)17(23(37)35(26)45-47(40,41)42)10-30-22(36)20(18-13-46-25(29)31-18)33-44-19(24(38)39)12-43-15-6-4-14(5-7-15)16-11-34(9-3-8-27)32-21(16)28/h4-7,11,13,17,19H,3,8-10,12,27H2,1-2H3,(H2,28,32)(H2,29,31)(H,30,36)(H,38,39)(H,40,41,42)/b33-20-/t17-,19+/m1/s1. The number of carbonyl (C=O) groups excluding carboxylic acids is 2. The first-order valence-corrected chi connectivity index (χ1v) is 16.1. The van der Waals surface area contributed by atoms with Crippen LogP contribution in [0.2, 0.25) is 0 Å². The number of carboxylic acids is 1. The van der Waals surface area contributed by atoms with Gasteiger partial charge >= 0.3 is 16.4 Å². The zero-order valence-corrected chi connectivity index (χ0v) is 26.7. The van der Waals surface area contributed by atoms with E-state index in [1.807, 2.05) is 0 Å². The zero-order valence-electron chi connectivity index (χ0n) is 25.1. The summed E-state index contributed by atoms with van der Waals surface area (Å²) in [5, 5.41) is 22.1. The summed E-state index contributed by atoms with van der Waals surface area (Å²) in [4.78, 5) is 46.7. The van der Waals surface area contributed by atoms with Crippen LogP contribution in [-0.2, 0) is 40.4 Å². The third-order valence-electron chi connectivity index (χ3n) is 6.98. The Balaban J connectivity index is 1.41. The molecular weight excluding hydrogens is 662 g/mol. The van der Waals surface area contributed by atoms with Gasteiger partial charge in [-0.15, -0.1) is 15.6 Å². The summed E-state index contributed by atoms with van der Waals surface area (Å²) in [6.45, 7) is 3.23. The number of aromatic nitrogens is 3. The summed E-state index contributed by atoms with van der Waals surface area (Å²) in [5.74, 6) is -3.47. The van der Waals surface area contributed by atoms with Crippen LogP contribution in [0.1, 0.15) is 26.0 Å². The molecule has 9 N–H and O–H groups in total. The number of oxime groups is 1. The monoisotopic (exact) mass is 695 g/mol. The first-order valence-electron chi connectivity index (χ1n) is 13.8. The minimum atomic E-state index is -4.96. The van der Waals surface area contributed by atoms with E-state index in [-0.39, 0.29) is 17.4 Å². The number of nitrogens with zero attached hydrogens (tertiary/aromatic N) is 5. The lowest BCUT2D eigenvalue weighted by molar-refractivity contribution is -0.227. The van der Waals surface area contributed by atoms with Gasteiger partial charge in [0, 0.05) is 30.2 Å². The third kappa shape index (κ3) is 8.51. The maximum atomic E-state index is 13.1. The zero-order chi connectivity index (χ0) is 34.5. The lowest BCUT2D eigenvalue weighted by Crippen LogP contribution is -2.70. The number of nitrogens with two attached hydrogens (primary N) is 3. The minimum absolute atomic E-state index is 0.0354. The summed E-state index contributed by atoms with van der Waals surface area (Å²) in [5.41, 5.74) is 17.0. The quantitative estimate of drug-likeness (QED) is 0.0492. The number of nitrogens with one attached hydrogen (secondary N) is 1. The topological polar surface area (TPSA) is 290 Å². The number of ether oxygens (including phenoxy) is 1. The summed E-state index contributed by atoms with van der Waals surface area (Å²) < 4.78 is 42.6. The van der Waals surface area contributed by atoms with E-state index in [2.05, 4.69) is 24.8 Å². The fraction of sp³-hybridized carbons (Fsp3) is 0.385. The molecule has 4 rings (SSSR count). The number of carbonyl (C=O) groups is 3. The number of hydrogen-bond acceptors (Lipinski definition) is 15. The largest absolute Gasteiger partial charge is 0.489 e. The van der Waals surface area contributed by atoms with Crippen LogP contribution in [0.15, 0.2) is 41.0 Å². The lowest BCUT2D eigenvalue weighted by Gasteiger charge is -2.50. The van der Waals surface area contributed by atoms with Gasteiger partial charge in [-0.1, -0.05) is 17.3 Å². The first kappa shape index (κ1) is 35.0. The number of rotatable bonds is 16. The second kappa shape index (κ2) is 14.3. The molecule has 1 aliphatic rings. The van der Waals surface area contributed by atoms with Gasteiger partial charge < -0.3 is 37.2 Å². The first-order chi connectivity index (χ1) is 22.1. The van der Waals surface area contributed by atoms with Crippen molar-refractivity contribution in [2.75, 3.05) is 31.2 Å². The summed E-state index contributed by atoms with van der Waals surface area (Å²) in [6, 6.07) is 6.66. The molecule has 0 saturated carbocycles. The SMILES string of the molecule is CC1(C)[C@H](CNC(=O)/C(=N\O[C@@H](COc2ccc(-c3cn(CCCN)nc3N)cc2)C(=O)O)c2csc(N)n2)C(=O)N1OS(=O)(=O)O. The van der Waals surface area contributed by atoms with Crippen molar-refractivity contribution >= 4 is 56.2 Å². The molecule has 2 atom stereocenters. The molecule has 2 aromatic heterocycles. The molecule has 1 saturated heterocycles. The van der Waals surface area contributed by atoms with E-state index >= 15 is 0 Å². The van der Waals surface area contributed by atoms with E-state index < -0.39 is 58.1 Å². The van der Waals surface area contributed by atoms with Gasteiger partial charge in [0.15, 0.2) is 16.7 Å². The Morgan fingerprint density at radius 2 is 1.94 bits per heavy atom. The number of aliphatic carboxylic acids is 1. The summed E-state index contributed by atoms with van der Waals surface area (Å²) >= 11 is 0.982. The smallest absolute Gasteiger partial charge is 0.418 e. The van der Waals surface area contributed by atoms with Crippen LogP contribution in [0.3, 0.4) is 0 Å². The lowest BCUT2D eigenvalue weighted by atomic mass is 9.78. The molecule has 1 aliphatic heterocycles. The van der Waals surface area contributed by atoms with Crippen molar-refractivity contribution in [2.45, 2.75) is 38.5 Å². The van der Waals surface area contributed by atoms with Crippen molar-refractivity contribution in [2.24, 2.45) is 16.8 Å². The number of anilines is 2. The van der Waals surface area contributed by atoms with Crippen molar-refractivity contribution in [3.05, 3.63) is 41.5 Å². The molecule has 2 amide bonds. The van der Waals surface area contributed by atoms with Crippen LogP contribution in [0.4, 0.5) is 10.9 Å². The molecule has 0 radical (unpaired) electrons. The molecule has 0 spiro atoms. The Labute approximate surface area is 272 Å². The molecule has 1 aromatic carbocycles. The molecule has 0 unspecified atom stereocenters. The molecule has 3 aromatic rings. The second-order valence-corrected chi connectivity index (χ2v) is 12.6. The number of benzene rings is 1. The number of aryl methyl sites for hydroxylation is 1. The highest BCUT2D eigenvalue weighted by molar-refractivity contribution is 7.80. The van der Waals surface area contributed by atoms with Crippen molar-refractivity contribution in [3.63, 3.8) is 0 Å². The predicted octanol–water partition coefficient (Wildman–Crippen LogP) is -0.140. The van der Waals surface area contributed by atoms with E-state index in [1.165, 1.54) is 19.2 Å². The molecule has 21 heteroatoms. The van der Waals surface area contributed by atoms with Gasteiger partial charge in [-0.2, -0.15) is 18.6 Å². The molecule has 0 aliphatic carbocycles. The number of β-lactam (4-membered cyclic amide) rings is 1. The van der Waals surface area contributed by atoms with Gasteiger partial charge in [-0.25, -0.2) is 9.78 Å². The Bertz CT molecular complexity index is 1760. The Hall–Kier alpha value is -4.83. The highest BCUT2D eigenvalue weighted by Crippen LogP contribution is 2.38. The number of nitrogen functional groups attached to an aromatic ring is 2. The van der Waals surface area contributed by atoms with Crippen LogP contribution in [0.25, 0.3) is 11.1 Å². The number of hydroxylamine groups is 2. The highest BCUT2D eigenvalue weighted by Gasteiger charge is 2.57. The molecule has 19 nitrogen and oxygen atoms in total. The molecule has 1 fully saturated rings. The van der Waals surface area contributed by atoms with Crippen LogP contribution in [0.5, 0.6) is 5.75 Å². The summed E-state index contributed by atoms with van der Waals surface area (Å²) in [7, 11) is -4.96. The van der Waals surface area contributed by atoms with Crippen molar-refractivity contribution in [1.29, 1.82) is 0 Å². The van der Waals surface area contributed by atoms with Gasteiger partial charge in [-0.3, -0.25) is 18.8 Å². The number of amides is 2. The molecule has 47 heavy (non-hydrogen) atoms. The van der Waals surface area contributed by atoms with Crippen LogP contribution in [-0.4, -0.2) is 92.7 Å². The highest BCUT2D eigenvalue weighted by atomic mass is 32.3. The summed E-state index contributed by atoms with van der Waals surface area (Å²) in [6.07, 6.45) is 0.877. The van der Waals surface area contributed by atoms with E-state index in [0.29, 0.717) is 35.3 Å². The molecule has 3 heterocycles. The second-order valence-electron chi connectivity index (χ2n) is 10.7. The minimum Gasteiger partial charge on any atom is -0.489 e. The van der Waals surface area contributed by atoms with E-state index in [9.17, 15) is 27.9 Å². The van der Waals surface area contributed by atoms with E-state index in [1.54, 1.807) is 35.1 Å². The van der Waals surface area contributed by atoms with Crippen LogP contribution < -0.4 is 27.3 Å². The Kier molecular flexibility index (Phi) is 10.7. The maximum Gasteiger partial charge on any atom is 0.418 e. The third-order valence-corrected chi connectivity index (χ3v) is 8.00. The van der Waals surface area contributed by atoms with Crippen LogP contribution in [0, 0.1) is 5.92 Å². The van der Waals surface area contributed by atoms with E-state index in [4.69, 9.17) is 31.3 Å². The number of thiazole rings is 1. The number of hydrogen-bond donors (Lipinski definition) is 6. The Morgan fingerprint density at radius 3 is 2.51 bits per heavy atom. The van der Waals surface area contributed by atoms with Crippen LogP contribution >= 0.6 is 11.3 Å². The van der Waals surface area contributed by atoms with Gasteiger partial charge in [-0.05, 0) is 44.5 Å². The van der Waals surface area contributed by atoms with Gasteiger partial charge in [0.05, 0.1) is 11.5 Å². The number of carboxylic acid groups (broad SMARTS) is 1.